The number of nitrogens with zero attached hydrogens (tertiary/aromatic N) is 2. The van der Waals surface area contributed by atoms with Crippen LogP contribution in [0.5, 0.6) is 0 Å². The van der Waals surface area contributed by atoms with Crippen molar-refractivity contribution in [2.24, 2.45) is 11.1 Å². The van der Waals surface area contributed by atoms with Crippen molar-refractivity contribution in [2.75, 3.05) is 6.54 Å². The standard InChI is InChI=1S/C14H23N3O/c1-13(2)5-3-10(4-6-13)11-16-12(18-17-11)14(9-15)7-8-14/h10H,3-9,15H2,1-2H3. The van der Waals surface area contributed by atoms with Crippen LogP contribution in [0.1, 0.15) is 70.0 Å². The minimum absolute atomic E-state index is 0.0270. The second-order valence-corrected chi connectivity index (χ2v) is 6.88. The highest BCUT2D eigenvalue weighted by atomic mass is 16.5. The normalized spacial score (nSPS) is 26.2. The molecule has 2 N–H and O–H groups in total. The highest BCUT2D eigenvalue weighted by Crippen LogP contribution is 2.47. The molecule has 4 nitrogen and oxygen atoms in total. The van der Waals surface area contributed by atoms with E-state index in [1.165, 1.54) is 25.7 Å². The third-order valence-corrected chi connectivity index (χ3v) is 4.84. The highest BCUT2D eigenvalue weighted by molar-refractivity contribution is 5.17. The number of rotatable bonds is 3. The van der Waals surface area contributed by atoms with Crippen LogP contribution in [0, 0.1) is 5.41 Å². The maximum absolute atomic E-state index is 5.80. The molecule has 0 aliphatic heterocycles. The first-order valence-corrected chi connectivity index (χ1v) is 7.09. The van der Waals surface area contributed by atoms with Gasteiger partial charge in [-0.1, -0.05) is 19.0 Å². The molecule has 0 bridgehead atoms. The quantitative estimate of drug-likeness (QED) is 0.894. The summed E-state index contributed by atoms with van der Waals surface area (Å²) < 4.78 is 5.45. The van der Waals surface area contributed by atoms with Gasteiger partial charge in [-0.2, -0.15) is 4.98 Å². The molecule has 0 atom stereocenters. The lowest BCUT2D eigenvalue weighted by Gasteiger charge is -2.32. The molecule has 0 unspecified atom stereocenters. The lowest BCUT2D eigenvalue weighted by atomic mass is 9.73. The van der Waals surface area contributed by atoms with E-state index >= 15 is 0 Å². The van der Waals surface area contributed by atoms with Crippen LogP contribution >= 0.6 is 0 Å². The van der Waals surface area contributed by atoms with Crippen LogP contribution in [-0.4, -0.2) is 16.7 Å². The molecule has 4 heteroatoms. The Morgan fingerprint density at radius 1 is 1.22 bits per heavy atom. The van der Waals surface area contributed by atoms with Crippen molar-refractivity contribution < 1.29 is 4.52 Å². The first-order valence-electron chi connectivity index (χ1n) is 7.09. The summed E-state index contributed by atoms with van der Waals surface area (Å²) in [5.41, 5.74) is 6.31. The largest absolute Gasteiger partial charge is 0.339 e. The predicted molar refractivity (Wildman–Crippen MR) is 69.3 cm³/mol. The summed E-state index contributed by atoms with van der Waals surface area (Å²) in [5.74, 6) is 2.19. The summed E-state index contributed by atoms with van der Waals surface area (Å²) in [7, 11) is 0. The van der Waals surface area contributed by atoms with Gasteiger partial charge in [-0.05, 0) is 43.9 Å². The van der Waals surface area contributed by atoms with E-state index in [4.69, 9.17) is 10.3 Å². The van der Waals surface area contributed by atoms with Crippen LogP contribution < -0.4 is 5.73 Å². The third-order valence-electron chi connectivity index (χ3n) is 4.84. The van der Waals surface area contributed by atoms with Crippen LogP contribution in [-0.2, 0) is 5.41 Å². The van der Waals surface area contributed by atoms with Crippen LogP contribution in [0.4, 0.5) is 0 Å². The monoisotopic (exact) mass is 249 g/mol. The molecule has 1 aromatic rings. The van der Waals surface area contributed by atoms with Crippen LogP contribution in [0.3, 0.4) is 0 Å². The van der Waals surface area contributed by atoms with Gasteiger partial charge in [0, 0.05) is 12.5 Å². The van der Waals surface area contributed by atoms with E-state index in [9.17, 15) is 0 Å². The SMILES string of the molecule is CC1(C)CCC(c2noc(C3(CN)CC3)n2)CC1. The zero-order valence-electron chi connectivity index (χ0n) is 11.4. The minimum Gasteiger partial charge on any atom is -0.339 e. The average Bonchev–Trinajstić information content (AvgIpc) is 3.00. The highest BCUT2D eigenvalue weighted by Gasteiger charge is 2.48. The van der Waals surface area contributed by atoms with Gasteiger partial charge in [-0.15, -0.1) is 0 Å². The Morgan fingerprint density at radius 3 is 2.44 bits per heavy atom. The number of aromatic nitrogens is 2. The van der Waals surface area contributed by atoms with E-state index in [-0.39, 0.29) is 5.41 Å². The molecule has 0 aromatic carbocycles. The topological polar surface area (TPSA) is 64.9 Å². The Balaban J connectivity index is 1.71. The van der Waals surface area contributed by atoms with Crippen molar-refractivity contribution in [1.82, 2.24) is 10.1 Å². The lowest BCUT2D eigenvalue weighted by Crippen LogP contribution is -2.22. The van der Waals surface area contributed by atoms with Crippen molar-refractivity contribution in [3.05, 3.63) is 11.7 Å². The molecule has 100 valence electrons. The summed E-state index contributed by atoms with van der Waals surface area (Å²) in [4.78, 5) is 4.63. The van der Waals surface area contributed by atoms with Crippen molar-refractivity contribution in [3.63, 3.8) is 0 Å². The molecule has 3 rings (SSSR count). The van der Waals surface area contributed by atoms with E-state index in [0.717, 1.165) is 24.6 Å². The molecule has 2 fully saturated rings. The van der Waals surface area contributed by atoms with E-state index in [2.05, 4.69) is 24.0 Å². The van der Waals surface area contributed by atoms with Gasteiger partial charge in [-0.25, -0.2) is 0 Å². The van der Waals surface area contributed by atoms with Gasteiger partial charge in [0.1, 0.15) is 0 Å². The molecule has 2 aliphatic carbocycles. The molecule has 2 aliphatic rings. The zero-order valence-corrected chi connectivity index (χ0v) is 11.4. The lowest BCUT2D eigenvalue weighted by molar-refractivity contribution is 0.218. The Labute approximate surface area is 108 Å². The summed E-state index contributed by atoms with van der Waals surface area (Å²) >= 11 is 0. The smallest absolute Gasteiger partial charge is 0.234 e. The van der Waals surface area contributed by atoms with Gasteiger partial charge in [0.25, 0.3) is 0 Å². The molecule has 0 radical (unpaired) electrons. The van der Waals surface area contributed by atoms with E-state index in [0.29, 0.717) is 17.9 Å². The van der Waals surface area contributed by atoms with Crippen molar-refractivity contribution in [3.8, 4) is 0 Å². The van der Waals surface area contributed by atoms with Gasteiger partial charge in [0.15, 0.2) is 5.82 Å². The molecule has 0 spiro atoms. The molecule has 0 saturated heterocycles. The number of hydrogen-bond donors (Lipinski definition) is 1. The fraction of sp³-hybridized carbons (Fsp3) is 0.857. The van der Waals surface area contributed by atoms with Crippen LogP contribution in [0.2, 0.25) is 0 Å². The molecule has 0 amide bonds. The zero-order chi connectivity index (χ0) is 12.8. The Hall–Kier alpha value is -0.900. The number of hydrogen-bond acceptors (Lipinski definition) is 4. The van der Waals surface area contributed by atoms with E-state index in [1.54, 1.807) is 0 Å². The van der Waals surface area contributed by atoms with Gasteiger partial charge in [0.2, 0.25) is 5.89 Å². The van der Waals surface area contributed by atoms with Gasteiger partial charge >= 0.3 is 0 Å². The summed E-state index contributed by atoms with van der Waals surface area (Å²) in [6.45, 7) is 5.32. The first kappa shape index (κ1) is 12.2. The molecular formula is C14H23N3O. The molecular weight excluding hydrogens is 226 g/mol. The van der Waals surface area contributed by atoms with Crippen LogP contribution in [0.15, 0.2) is 4.52 Å². The van der Waals surface area contributed by atoms with Crippen molar-refractivity contribution in [1.29, 1.82) is 0 Å². The second-order valence-electron chi connectivity index (χ2n) is 6.88. The van der Waals surface area contributed by atoms with Crippen molar-refractivity contribution in [2.45, 2.75) is 63.7 Å². The van der Waals surface area contributed by atoms with Crippen LogP contribution in [0.25, 0.3) is 0 Å². The Bertz CT molecular complexity index is 424. The average molecular weight is 249 g/mol. The fourth-order valence-electron chi connectivity index (χ4n) is 2.93. The molecule has 1 heterocycles. The summed E-state index contributed by atoms with van der Waals surface area (Å²) in [6.07, 6.45) is 7.07. The van der Waals surface area contributed by atoms with Gasteiger partial charge < -0.3 is 10.3 Å². The fourth-order valence-corrected chi connectivity index (χ4v) is 2.93. The first-order chi connectivity index (χ1) is 8.55. The van der Waals surface area contributed by atoms with E-state index < -0.39 is 0 Å². The molecule has 18 heavy (non-hydrogen) atoms. The third kappa shape index (κ3) is 2.07. The maximum atomic E-state index is 5.80. The molecule has 1 aromatic heterocycles. The van der Waals surface area contributed by atoms with E-state index in [1.807, 2.05) is 0 Å². The summed E-state index contributed by atoms with van der Waals surface area (Å²) in [6, 6.07) is 0. The molecule has 2 saturated carbocycles. The maximum Gasteiger partial charge on any atom is 0.234 e. The van der Waals surface area contributed by atoms with Gasteiger partial charge in [-0.3, -0.25) is 0 Å². The Kier molecular flexibility index (Phi) is 2.73. The second kappa shape index (κ2) is 4.05. The van der Waals surface area contributed by atoms with Gasteiger partial charge in [0.05, 0.1) is 5.41 Å². The Morgan fingerprint density at radius 2 is 1.89 bits per heavy atom. The number of nitrogens with two attached hydrogens (primary N) is 1. The van der Waals surface area contributed by atoms with Crippen molar-refractivity contribution >= 4 is 0 Å². The predicted octanol–water partition coefficient (Wildman–Crippen LogP) is 2.74. The summed E-state index contributed by atoms with van der Waals surface area (Å²) in [5, 5.41) is 4.20. The minimum atomic E-state index is 0.0270.